The fourth-order valence-electron chi connectivity index (χ4n) is 2.68. The summed E-state index contributed by atoms with van der Waals surface area (Å²) in [6.45, 7) is 6.13. The van der Waals surface area contributed by atoms with Crippen LogP contribution >= 0.6 is 0 Å². The smallest absolute Gasteiger partial charge is 0.251 e. The van der Waals surface area contributed by atoms with Crippen LogP contribution in [-0.2, 0) is 0 Å². The molecule has 1 unspecified atom stereocenters. The zero-order chi connectivity index (χ0) is 20.4. The molecule has 2 aromatic carbocycles. The van der Waals surface area contributed by atoms with Crippen LogP contribution in [0.3, 0.4) is 0 Å². The first-order valence-electron chi connectivity index (χ1n) is 9.46. The van der Waals surface area contributed by atoms with Gasteiger partial charge in [0.2, 0.25) is 0 Å². The second-order valence-electron chi connectivity index (χ2n) is 6.68. The number of nitrogens with one attached hydrogen (secondary N) is 3. The van der Waals surface area contributed by atoms with Crippen LogP contribution in [0.5, 0.6) is 5.75 Å². The Labute approximate surface area is 167 Å². The lowest BCUT2D eigenvalue weighted by Crippen LogP contribution is -2.42. The van der Waals surface area contributed by atoms with Crippen molar-refractivity contribution in [2.75, 3.05) is 33.8 Å². The summed E-state index contributed by atoms with van der Waals surface area (Å²) in [7, 11) is 3.34. The van der Waals surface area contributed by atoms with Gasteiger partial charge in [-0.25, -0.2) is 0 Å². The molecule has 0 spiro atoms. The van der Waals surface area contributed by atoms with Crippen molar-refractivity contribution in [1.29, 1.82) is 0 Å². The highest BCUT2D eigenvalue weighted by Crippen LogP contribution is 2.14. The number of nitrogens with zero attached hydrogens (tertiary/aromatic N) is 1. The molecule has 2 aromatic rings. The highest BCUT2D eigenvalue weighted by Gasteiger charge is 2.07. The predicted octanol–water partition coefficient (Wildman–Crippen LogP) is 2.70. The Morgan fingerprint density at radius 3 is 2.25 bits per heavy atom. The van der Waals surface area contributed by atoms with Crippen molar-refractivity contribution in [3.8, 4) is 5.75 Å². The Balaban J connectivity index is 1.70. The topological polar surface area (TPSA) is 74.8 Å². The van der Waals surface area contributed by atoms with Crippen molar-refractivity contribution in [2.24, 2.45) is 4.99 Å². The van der Waals surface area contributed by atoms with Crippen molar-refractivity contribution in [2.45, 2.75) is 19.8 Å². The first-order valence-corrected chi connectivity index (χ1v) is 9.46. The number of aliphatic imine (C=N–C) groups is 1. The number of ether oxygens (including phenoxy) is 1. The maximum atomic E-state index is 12.1. The molecule has 0 aliphatic heterocycles. The van der Waals surface area contributed by atoms with Gasteiger partial charge in [0.1, 0.15) is 5.75 Å². The Morgan fingerprint density at radius 1 is 1.00 bits per heavy atom. The second kappa shape index (κ2) is 11.0. The van der Waals surface area contributed by atoms with Gasteiger partial charge in [0.05, 0.1) is 7.11 Å². The Morgan fingerprint density at radius 2 is 1.64 bits per heavy atom. The minimum absolute atomic E-state index is 0.111. The fraction of sp³-hybridized carbons (Fsp3) is 0.364. The van der Waals surface area contributed by atoms with Crippen LogP contribution in [0.4, 0.5) is 0 Å². The molecule has 3 N–H and O–H groups in total. The highest BCUT2D eigenvalue weighted by molar-refractivity contribution is 5.94. The van der Waals surface area contributed by atoms with E-state index in [4.69, 9.17) is 4.74 Å². The third-order valence-electron chi connectivity index (χ3n) is 4.50. The summed E-state index contributed by atoms with van der Waals surface area (Å²) < 4.78 is 5.10. The van der Waals surface area contributed by atoms with Crippen LogP contribution in [0.2, 0.25) is 0 Å². The zero-order valence-electron chi connectivity index (χ0n) is 17.1. The fourth-order valence-corrected chi connectivity index (χ4v) is 2.68. The summed E-state index contributed by atoms with van der Waals surface area (Å²) in [4.78, 5) is 16.4. The Bertz CT molecular complexity index is 770. The summed E-state index contributed by atoms with van der Waals surface area (Å²) in [5, 5.41) is 9.43. The molecular formula is C22H30N4O2. The largest absolute Gasteiger partial charge is 0.497 e. The number of aryl methyl sites for hydroxylation is 1. The molecule has 0 aliphatic rings. The standard InChI is InChI=1S/C22H30N4O2/c1-16-5-7-18(8-6-16)17(2)15-26-22(23-3)25-14-13-24-21(27)19-9-11-20(28-4)12-10-19/h5-12,17H,13-15H2,1-4H3,(H,24,27)(H2,23,25,26). The first kappa shape index (κ1) is 21.3. The molecule has 150 valence electrons. The van der Waals surface area contributed by atoms with Gasteiger partial charge in [-0.1, -0.05) is 36.8 Å². The number of hydrogen-bond donors (Lipinski definition) is 3. The lowest BCUT2D eigenvalue weighted by Gasteiger charge is -2.16. The first-order chi connectivity index (χ1) is 13.5. The molecule has 0 heterocycles. The van der Waals surface area contributed by atoms with Gasteiger partial charge >= 0.3 is 0 Å². The van der Waals surface area contributed by atoms with Gasteiger partial charge in [-0.2, -0.15) is 0 Å². The van der Waals surface area contributed by atoms with E-state index in [1.807, 2.05) is 0 Å². The van der Waals surface area contributed by atoms with Crippen molar-refractivity contribution < 1.29 is 9.53 Å². The lowest BCUT2D eigenvalue weighted by atomic mass is 10.0. The molecule has 28 heavy (non-hydrogen) atoms. The van der Waals surface area contributed by atoms with E-state index in [0.29, 0.717) is 24.6 Å². The number of guanidine groups is 1. The van der Waals surface area contributed by atoms with Gasteiger partial charge in [0, 0.05) is 32.2 Å². The van der Waals surface area contributed by atoms with E-state index >= 15 is 0 Å². The van der Waals surface area contributed by atoms with E-state index in [1.165, 1.54) is 11.1 Å². The molecular weight excluding hydrogens is 352 g/mol. The third-order valence-corrected chi connectivity index (χ3v) is 4.50. The van der Waals surface area contributed by atoms with Gasteiger partial charge in [-0.15, -0.1) is 0 Å². The Kier molecular flexibility index (Phi) is 8.34. The minimum Gasteiger partial charge on any atom is -0.497 e. The average Bonchev–Trinajstić information content (AvgIpc) is 2.73. The van der Waals surface area contributed by atoms with Crippen molar-refractivity contribution in [3.05, 3.63) is 65.2 Å². The van der Waals surface area contributed by atoms with Crippen LogP contribution in [0.15, 0.2) is 53.5 Å². The van der Waals surface area contributed by atoms with Crippen LogP contribution in [0.1, 0.15) is 34.3 Å². The average molecular weight is 383 g/mol. The lowest BCUT2D eigenvalue weighted by molar-refractivity contribution is 0.0954. The molecule has 0 aliphatic carbocycles. The SMILES string of the molecule is CN=C(NCCNC(=O)c1ccc(OC)cc1)NCC(C)c1ccc(C)cc1. The highest BCUT2D eigenvalue weighted by atomic mass is 16.5. The van der Waals surface area contributed by atoms with E-state index in [2.05, 4.69) is 59.1 Å². The predicted molar refractivity (Wildman–Crippen MR) is 114 cm³/mol. The normalized spacial score (nSPS) is 12.2. The maximum absolute atomic E-state index is 12.1. The molecule has 6 nitrogen and oxygen atoms in total. The molecule has 0 saturated carbocycles. The van der Waals surface area contributed by atoms with E-state index < -0.39 is 0 Å². The van der Waals surface area contributed by atoms with Gasteiger partial charge in [-0.3, -0.25) is 9.79 Å². The number of rotatable bonds is 8. The third kappa shape index (κ3) is 6.61. The Hall–Kier alpha value is -3.02. The molecule has 0 radical (unpaired) electrons. The van der Waals surface area contributed by atoms with Crippen molar-refractivity contribution in [3.63, 3.8) is 0 Å². The van der Waals surface area contributed by atoms with Gasteiger partial charge in [0.25, 0.3) is 5.91 Å². The van der Waals surface area contributed by atoms with Crippen molar-refractivity contribution >= 4 is 11.9 Å². The molecule has 1 amide bonds. The van der Waals surface area contributed by atoms with E-state index in [-0.39, 0.29) is 5.91 Å². The minimum atomic E-state index is -0.111. The number of hydrogen-bond acceptors (Lipinski definition) is 3. The van der Waals surface area contributed by atoms with Crippen molar-refractivity contribution in [1.82, 2.24) is 16.0 Å². The molecule has 0 aromatic heterocycles. The van der Waals surface area contributed by atoms with Crippen LogP contribution in [0.25, 0.3) is 0 Å². The number of amides is 1. The molecule has 6 heteroatoms. The second-order valence-corrected chi connectivity index (χ2v) is 6.68. The molecule has 0 saturated heterocycles. The van der Waals surface area contributed by atoms with E-state index in [1.54, 1.807) is 38.4 Å². The van der Waals surface area contributed by atoms with Gasteiger partial charge < -0.3 is 20.7 Å². The molecule has 0 bridgehead atoms. The summed E-state index contributed by atoms with van der Waals surface area (Å²) in [5.41, 5.74) is 3.16. The van der Waals surface area contributed by atoms with E-state index in [0.717, 1.165) is 18.3 Å². The summed E-state index contributed by atoms with van der Waals surface area (Å²) >= 11 is 0. The molecule has 2 rings (SSSR count). The monoisotopic (exact) mass is 382 g/mol. The summed E-state index contributed by atoms with van der Waals surface area (Å²) in [6, 6.07) is 15.6. The van der Waals surface area contributed by atoms with Crippen LogP contribution in [-0.4, -0.2) is 45.7 Å². The molecule has 1 atom stereocenters. The zero-order valence-corrected chi connectivity index (χ0v) is 17.1. The van der Waals surface area contributed by atoms with E-state index in [9.17, 15) is 4.79 Å². The number of benzene rings is 2. The number of carbonyl (C=O) groups excluding carboxylic acids is 1. The number of carbonyl (C=O) groups is 1. The number of methoxy groups -OCH3 is 1. The quantitative estimate of drug-likeness (QED) is 0.373. The van der Waals surface area contributed by atoms with Gasteiger partial charge in [0.15, 0.2) is 5.96 Å². The van der Waals surface area contributed by atoms with Crippen LogP contribution in [0, 0.1) is 6.92 Å². The van der Waals surface area contributed by atoms with Crippen LogP contribution < -0.4 is 20.7 Å². The summed E-state index contributed by atoms with van der Waals surface area (Å²) in [6.07, 6.45) is 0. The summed E-state index contributed by atoms with van der Waals surface area (Å²) in [5.74, 6) is 1.71. The van der Waals surface area contributed by atoms with Gasteiger partial charge in [-0.05, 0) is 42.7 Å². The molecule has 0 fully saturated rings. The maximum Gasteiger partial charge on any atom is 0.251 e.